The molecule has 6 heavy (non-hydrogen) atoms. The number of carbonyl (C=O) groups is 1. The molecule has 0 spiro atoms. The molecule has 34 valence electrons. The van der Waals surface area contributed by atoms with Crippen molar-refractivity contribution in [2.75, 3.05) is 6.61 Å². The maximum absolute atomic E-state index is 9.93. The average molecular weight is 104 g/mol. The fourth-order valence-electron chi connectivity index (χ4n) is 0.274. The summed E-state index contributed by atoms with van der Waals surface area (Å²) >= 11 is 0. The number of hydrogen-bond acceptors (Lipinski definition) is 3. The minimum atomic E-state index is -0.854. The maximum atomic E-state index is 9.93. The summed E-state index contributed by atoms with van der Waals surface area (Å²) in [5.41, 5.74) is 0. The van der Waals surface area contributed by atoms with E-state index in [4.69, 9.17) is 0 Å². The Morgan fingerprint density at radius 3 is 2.83 bits per heavy atom. The van der Waals surface area contributed by atoms with Gasteiger partial charge in [0.1, 0.15) is 6.61 Å². The van der Waals surface area contributed by atoms with Gasteiger partial charge in [0.15, 0.2) is 0 Å². The van der Waals surface area contributed by atoms with Crippen LogP contribution in [0.2, 0.25) is 0 Å². The van der Waals surface area contributed by atoms with Crippen molar-refractivity contribution in [2.45, 2.75) is 0 Å². The molecule has 4 heteroatoms. The van der Waals surface area contributed by atoms with Gasteiger partial charge in [0.05, 0.1) is 0 Å². The largest absolute Gasteiger partial charge is 0.498 e. The molecule has 0 aromatic heterocycles. The van der Waals surface area contributed by atoms with Crippen LogP contribution < -0.4 is 0 Å². The Bertz CT molecular complexity index is 63.2. The molecule has 1 fully saturated rings. The summed E-state index contributed by atoms with van der Waals surface area (Å²) in [4.78, 5) is 9.93. The predicted molar refractivity (Wildman–Crippen MR) is 20.6 cm³/mol. The van der Waals surface area contributed by atoms with Crippen LogP contribution in [0, 0.1) is 0 Å². The van der Waals surface area contributed by atoms with Gasteiger partial charge in [0.2, 0.25) is 0 Å². The number of carbonyl (C=O) groups excluding carboxylic acids is 1. The quantitative estimate of drug-likeness (QED) is 0.353. The van der Waals surface area contributed by atoms with E-state index >= 15 is 0 Å². The van der Waals surface area contributed by atoms with Gasteiger partial charge in [-0.3, -0.25) is 4.79 Å². The van der Waals surface area contributed by atoms with Gasteiger partial charge in [-0.1, -0.05) is 0 Å². The molecule has 0 atom stereocenters. The Balaban J connectivity index is 2.37. The third-order valence-corrected chi connectivity index (χ3v) is 1.33. The molecule has 0 aliphatic carbocycles. The normalized spacial score (nSPS) is 25.0. The van der Waals surface area contributed by atoms with Crippen LogP contribution in [0.5, 0.6) is 0 Å². The topological polar surface area (TPSA) is 35.5 Å². The highest BCUT2D eigenvalue weighted by Crippen LogP contribution is 1.86. The SMILES string of the molecule is O=C1CO[SiH2]O1. The van der Waals surface area contributed by atoms with E-state index < -0.39 is 10.0 Å². The first-order valence-corrected chi connectivity index (χ1v) is 2.78. The maximum Gasteiger partial charge on any atom is 0.369 e. The molecule has 1 aliphatic rings. The summed E-state index contributed by atoms with van der Waals surface area (Å²) < 4.78 is 9.05. The van der Waals surface area contributed by atoms with Gasteiger partial charge in [0, 0.05) is 0 Å². The van der Waals surface area contributed by atoms with Crippen molar-refractivity contribution in [1.82, 2.24) is 0 Å². The van der Waals surface area contributed by atoms with Crippen LogP contribution in [0.4, 0.5) is 0 Å². The molecule has 1 saturated heterocycles. The second-order valence-electron chi connectivity index (χ2n) is 0.983. The lowest BCUT2D eigenvalue weighted by molar-refractivity contribution is -0.132. The van der Waals surface area contributed by atoms with E-state index in [-0.39, 0.29) is 12.6 Å². The van der Waals surface area contributed by atoms with E-state index in [9.17, 15) is 4.79 Å². The lowest BCUT2D eigenvalue weighted by atomic mass is 10.8. The second-order valence-corrected chi connectivity index (χ2v) is 1.92. The number of rotatable bonds is 0. The van der Waals surface area contributed by atoms with Gasteiger partial charge >= 0.3 is 16.0 Å². The molecule has 1 heterocycles. The first kappa shape index (κ1) is 3.82. The monoisotopic (exact) mass is 104 g/mol. The van der Waals surface area contributed by atoms with E-state index in [1.54, 1.807) is 0 Å². The summed E-state index contributed by atoms with van der Waals surface area (Å²) in [6, 6.07) is 0. The molecule has 0 unspecified atom stereocenters. The third-order valence-electron chi connectivity index (χ3n) is 0.523. The van der Waals surface area contributed by atoms with E-state index in [1.807, 2.05) is 0 Å². The van der Waals surface area contributed by atoms with E-state index in [2.05, 4.69) is 8.85 Å². The number of hydrogen-bond donors (Lipinski definition) is 0. The highest BCUT2D eigenvalue weighted by atomic mass is 28.3. The van der Waals surface area contributed by atoms with Crippen molar-refractivity contribution in [3.8, 4) is 0 Å². The second kappa shape index (κ2) is 1.40. The minimum Gasteiger partial charge on any atom is -0.498 e. The van der Waals surface area contributed by atoms with Crippen molar-refractivity contribution < 1.29 is 13.6 Å². The summed E-state index contributed by atoms with van der Waals surface area (Å²) in [5.74, 6) is -0.207. The summed E-state index contributed by atoms with van der Waals surface area (Å²) in [6.07, 6.45) is 0. The van der Waals surface area contributed by atoms with Gasteiger partial charge in [-0.15, -0.1) is 0 Å². The molecule has 1 rings (SSSR count). The third kappa shape index (κ3) is 0.578. The van der Waals surface area contributed by atoms with Gasteiger partial charge in [-0.25, -0.2) is 0 Å². The summed E-state index contributed by atoms with van der Waals surface area (Å²) in [5, 5.41) is 0. The lowest BCUT2D eigenvalue weighted by Gasteiger charge is -1.78. The smallest absolute Gasteiger partial charge is 0.369 e. The van der Waals surface area contributed by atoms with Crippen LogP contribution in [0.3, 0.4) is 0 Å². The average Bonchev–Trinajstić information content (AvgIpc) is 1.86. The highest BCUT2D eigenvalue weighted by Gasteiger charge is 2.09. The zero-order valence-corrected chi connectivity index (χ0v) is 4.55. The van der Waals surface area contributed by atoms with E-state index in [1.165, 1.54) is 0 Å². The van der Waals surface area contributed by atoms with Crippen molar-refractivity contribution in [1.29, 1.82) is 0 Å². The van der Waals surface area contributed by atoms with Crippen LogP contribution in [0.15, 0.2) is 0 Å². The molecular formula is C2H4O3Si. The lowest BCUT2D eigenvalue weighted by Crippen LogP contribution is -1.95. The molecule has 0 amide bonds. The summed E-state index contributed by atoms with van der Waals surface area (Å²) in [6.45, 7) is 0.187. The van der Waals surface area contributed by atoms with Gasteiger partial charge in [-0.05, 0) is 0 Å². The van der Waals surface area contributed by atoms with Crippen molar-refractivity contribution in [3.63, 3.8) is 0 Å². The van der Waals surface area contributed by atoms with E-state index in [0.29, 0.717) is 0 Å². The molecule has 0 bridgehead atoms. The Kier molecular flexibility index (Phi) is 0.892. The van der Waals surface area contributed by atoms with Crippen molar-refractivity contribution in [2.24, 2.45) is 0 Å². The Labute approximate surface area is 37.3 Å². The van der Waals surface area contributed by atoms with Crippen LogP contribution >= 0.6 is 0 Å². The standard InChI is InChI=1S/C2H4O3Si/c3-2-1-4-6-5-2/h1,6H2. The zero-order chi connectivity index (χ0) is 4.41. The Hall–Kier alpha value is -0.353. The van der Waals surface area contributed by atoms with Crippen LogP contribution in [-0.4, -0.2) is 22.6 Å². The summed E-state index contributed by atoms with van der Waals surface area (Å²) in [7, 11) is -0.854. The molecule has 3 nitrogen and oxygen atoms in total. The molecule has 0 saturated carbocycles. The molecule has 0 aromatic carbocycles. The van der Waals surface area contributed by atoms with Gasteiger partial charge < -0.3 is 8.85 Å². The Morgan fingerprint density at radius 2 is 2.67 bits per heavy atom. The fraction of sp³-hybridized carbons (Fsp3) is 0.500. The van der Waals surface area contributed by atoms with Crippen molar-refractivity contribution >= 4 is 16.0 Å². The first-order chi connectivity index (χ1) is 2.89. The zero-order valence-electron chi connectivity index (χ0n) is 3.14. The Morgan fingerprint density at radius 1 is 1.83 bits per heavy atom. The minimum absolute atomic E-state index is 0.187. The molecule has 0 radical (unpaired) electrons. The van der Waals surface area contributed by atoms with Crippen molar-refractivity contribution in [3.05, 3.63) is 0 Å². The van der Waals surface area contributed by atoms with Crippen LogP contribution in [0.25, 0.3) is 0 Å². The van der Waals surface area contributed by atoms with Crippen LogP contribution in [-0.2, 0) is 13.6 Å². The predicted octanol–water partition coefficient (Wildman–Crippen LogP) is -1.44. The van der Waals surface area contributed by atoms with Crippen LogP contribution in [0.1, 0.15) is 0 Å². The molecule has 1 aliphatic heterocycles. The first-order valence-electron chi connectivity index (χ1n) is 1.63. The fourth-order valence-corrected chi connectivity index (χ4v) is 0.822. The van der Waals surface area contributed by atoms with Gasteiger partial charge in [0.25, 0.3) is 0 Å². The highest BCUT2D eigenvalue weighted by molar-refractivity contribution is 6.25. The molecular weight excluding hydrogens is 100 g/mol. The van der Waals surface area contributed by atoms with Gasteiger partial charge in [-0.2, -0.15) is 0 Å². The van der Waals surface area contributed by atoms with E-state index in [0.717, 1.165) is 0 Å². The molecule has 0 aromatic rings. The molecule has 0 N–H and O–H groups in total.